The van der Waals surface area contributed by atoms with E-state index in [1.807, 2.05) is 0 Å². The molecular weight excluding hydrogens is 296 g/mol. The molecule has 0 fully saturated rings. The van der Waals surface area contributed by atoms with Crippen molar-refractivity contribution < 1.29 is 22.7 Å². The minimum atomic E-state index is -3.97. The first-order chi connectivity index (χ1) is 9.63. The molecule has 0 spiro atoms. The lowest BCUT2D eigenvalue weighted by Crippen LogP contribution is -2.33. The second kappa shape index (κ2) is 5.10. The topological polar surface area (TPSA) is 93.6 Å². The first-order valence-corrected chi connectivity index (χ1v) is 7.81. The highest BCUT2D eigenvalue weighted by Crippen LogP contribution is 2.28. The number of rotatable bonds is 3. The molecule has 8 heteroatoms. The zero-order valence-electron chi connectivity index (χ0n) is 12.0. The Balaban J connectivity index is 2.13. The molecule has 0 aromatic carbocycles. The van der Waals surface area contributed by atoms with Crippen LogP contribution < -0.4 is 0 Å². The number of carbonyl (C=O) groups is 2. The molecule has 0 saturated heterocycles. The number of nitrogens with zero attached hydrogens (tertiary/aromatic N) is 2. The van der Waals surface area contributed by atoms with Gasteiger partial charge in [-0.3, -0.25) is 9.59 Å². The number of pyridine rings is 1. The van der Waals surface area contributed by atoms with Crippen LogP contribution in [-0.2, 0) is 19.6 Å². The van der Waals surface area contributed by atoms with E-state index in [1.165, 1.54) is 18.3 Å². The van der Waals surface area contributed by atoms with E-state index in [4.69, 9.17) is 4.74 Å². The summed E-state index contributed by atoms with van der Waals surface area (Å²) in [7, 11) is -3.97. The fraction of sp³-hybridized carbons (Fsp3) is 0.462. The molecule has 2 rings (SSSR count). The molecule has 1 aromatic rings. The molecule has 0 bridgehead atoms. The second-order valence-corrected chi connectivity index (χ2v) is 7.35. The Kier molecular flexibility index (Phi) is 3.75. The largest absolute Gasteiger partial charge is 0.460 e. The molecule has 1 aliphatic heterocycles. The van der Waals surface area contributed by atoms with Gasteiger partial charge in [-0.05, 0) is 32.9 Å². The lowest BCUT2D eigenvalue weighted by atomic mass is 10.2. The molecule has 0 atom stereocenters. The second-order valence-electron chi connectivity index (χ2n) is 5.57. The van der Waals surface area contributed by atoms with Gasteiger partial charge in [0.1, 0.15) is 5.60 Å². The normalized spacial score (nSPS) is 16.7. The highest BCUT2D eigenvalue weighted by molar-refractivity contribution is 7.90. The standard InChI is InChI=1S/C13H16N2O5S/c1-13(2,3)20-10(16)6-8-15-12(17)9-5-4-7-14-11(9)21(15,18)19/h4-5,7H,6,8H2,1-3H3. The number of aromatic nitrogens is 1. The van der Waals surface area contributed by atoms with Crippen molar-refractivity contribution in [2.75, 3.05) is 6.54 Å². The van der Waals surface area contributed by atoms with Gasteiger partial charge in [0.25, 0.3) is 15.9 Å². The van der Waals surface area contributed by atoms with Gasteiger partial charge in [-0.2, -0.15) is 8.42 Å². The maximum atomic E-state index is 12.2. The Labute approximate surface area is 123 Å². The average molecular weight is 312 g/mol. The molecule has 0 aliphatic carbocycles. The summed E-state index contributed by atoms with van der Waals surface area (Å²) in [4.78, 5) is 27.4. The van der Waals surface area contributed by atoms with Crippen LogP contribution in [0.3, 0.4) is 0 Å². The van der Waals surface area contributed by atoms with Gasteiger partial charge in [0.05, 0.1) is 12.0 Å². The van der Waals surface area contributed by atoms with E-state index >= 15 is 0 Å². The van der Waals surface area contributed by atoms with Crippen LogP contribution in [0.15, 0.2) is 23.4 Å². The third-order valence-electron chi connectivity index (χ3n) is 2.70. The first-order valence-electron chi connectivity index (χ1n) is 6.37. The molecule has 0 radical (unpaired) electrons. The SMILES string of the molecule is CC(C)(C)OC(=O)CCN1C(=O)c2cccnc2S1(=O)=O. The van der Waals surface area contributed by atoms with E-state index in [0.29, 0.717) is 4.31 Å². The van der Waals surface area contributed by atoms with Crippen molar-refractivity contribution >= 4 is 21.9 Å². The van der Waals surface area contributed by atoms with Gasteiger partial charge in [-0.25, -0.2) is 9.29 Å². The van der Waals surface area contributed by atoms with E-state index in [0.717, 1.165) is 0 Å². The summed E-state index contributed by atoms with van der Waals surface area (Å²) < 4.78 is 30.1. The summed E-state index contributed by atoms with van der Waals surface area (Å²) >= 11 is 0. The monoisotopic (exact) mass is 312 g/mol. The predicted molar refractivity (Wildman–Crippen MR) is 72.9 cm³/mol. The van der Waals surface area contributed by atoms with Crippen molar-refractivity contribution in [2.24, 2.45) is 0 Å². The van der Waals surface area contributed by atoms with Gasteiger partial charge in [0.2, 0.25) is 0 Å². The third-order valence-corrected chi connectivity index (χ3v) is 4.44. The van der Waals surface area contributed by atoms with Crippen molar-refractivity contribution in [1.29, 1.82) is 0 Å². The van der Waals surface area contributed by atoms with Gasteiger partial charge in [0, 0.05) is 12.7 Å². The first kappa shape index (κ1) is 15.4. The number of sulfonamides is 1. The average Bonchev–Trinajstić information content (AvgIpc) is 2.54. The zero-order valence-corrected chi connectivity index (χ0v) is 12.8. The fourth-order valence-corrected chi connectivity index (χ4v) is 3.40. The Hall–Kier alpha value is -1.96. The van der Waals surface area contributed by atoms with Crippen LogP contribution in [0.4, 0.5) is 0 Å². The summed E-state index contributed by atoms with van der Waals surface area (Å²) in [5.74, 6) is -1.23. The predicted octanol–water partition coefficient (Wildman–Crippen LogP) is 0.958. The molecule has 1 amide bonds. The summed E-state index contributed by atoms with van der Waals surface area (Å²) in [6, 6.07) is 2.89. The minimum Gasteiger partial charge on any atom is -0.460 e. The quantitative estimate of drug-likeness (QED) is 0.772. The molecule has 2 heterocycles. The van der Waals surface area contributed by atoms with Crippen LogP contribution in [0.1, 0.15) is 37.6 Å². The molecule has 0 saturated carbocycles. The van der Waals surface area contributed by atoms with Crippen LogP contribution in [0.2, 0.25) is 0 Å². The number of hydrogen-bond acceptors (Lipinski definition) is 6. The molecule has 1 aliphatic rings. The summed E-state index contributed by atoms with van der Waals surface area (Å²) in [6.45, 7) is 4.87. The molecule has 1 aromatic heterocycles. The number of ether oxygens (including phenoxy) is 1. The highest BCUT2D eigenvalue weighted by Gasteiger charge is 2.42. The molecule has 0 unspecified atom stereocenters. The lowest BCUT2D eigenvalue weighted by Gasteiger charge is -2.20. The number of amides is 1. The van der Waals surface area contributed by atoms with Gasteiger partial charge < -0.3 is 4.74 Å². The van der Waals surface area contributed by atoms with E-state index < -0.39 is 27.5 Å². The Morgan fingerprint density at radius 1 is 1.38 bits per heavy atom. The number of carbonyl (C=O) groups excluding carboxylic acids is 2. The third kappa shape index (κ3) is 3.05. The van der Waals surface area contributed by atoms with Gasteiger partial charge in [-0.15, -0.1) is 0 Å². The number of fused-ring (bicyclic) bond motifs is 1. The summed E-state index contributed by atoms with van der Waals surface area (Å²) in [5.41, 5.74) is -0.628. The highest BCUT2D eigenvalue weighted by atomic mass is 32.2. The summed E-state index contributed by atoms with van der Waals surface area (Å²) in [5, 5.41) is -0.265. The van der Waals surface area contributed by atoms with Crippen molar-refractivity contribution in [3.8, 4) is 0 Å². The van der Waals surface area contributed by atoms with Crippen LogP contribution in [0.5, 0.6) is 0 Å². The van der Waals surface area contributed by atoms with Crippen molar-refractivity contribution in [3.63, 3.8) is 0 Å². The number of esters is 1. The Morgan fingerprint density at radius 2 is 2.05 bits per heavy atom. The van der Waals surface area contributed by atoms with Crippen molar-refractivity contribution in [1.82, 2.24) is 9.29 Å². The van der Waals surface area contributed by atoms with Crippen LogP contribution in [-0.4, -0.2) is 41.7 Å². The van der Waals surface area contributed by atoms with Crippen LogP contribution >= 0.6 is 0 Å². The van der Waals surface area contributed by atoms with E-state index in [1.54, 1.807) is 20.8 Å². The zero-order chi connectivity index (χ0) is 15.8. The molecule has 114 valence electrons. The van der Waals surface area contributed by atoms with E-state index in [9.17, 15) is 18.0 Å². The Morgan fingerprint density at radius 3 is 2.62 bits per heavy atom. The van der Waals surface area contributed by atoms with Crippen LogP contribution in [0, 0.1) is 0 Å². The van der Waals surface area contributed by atoms with Crippen molar-refractivity contribution in [2.45, 2.75) is 37.8 Å². The van der Waals surface area contributed by atoms with Gasteiger partial charge >= 0.3 is 5.97 Å². The molecule has 7 nitrogen and oxygen atoms in total. The smallest absolute Gasteiger partial charge is 0.308 e. The Bertz CT molecular complexity index is 691. The van der Waals surface area contributed by atoms with E-state index in [2.05, 4.69) is 4.98 Å². The van der Waals surface area contributed by atoms with Crippen molar-refractivity contribution in [3.05, 3.63) is 23.9 Å². The number of hydrogen-bond donors (Lipinski definition) is 0. The van der Waals surface area contributed by atoms with Crippen LogP contribution in [0.25, 0.3) is 0 Å². The molecule has 0 N–H and O–H groups in total. The molecular formula is C13H16N2O5S. The summed E-state index contributed by atoms with van der Waals surface area (Å²) in [6.07, 6.45) is 1.11. The maximum absolute atomic E-state index is 12.2. The van der Waals surface area contributed by atoms with Gasteiger partial charge in [0.15, 0.2) is 5.03 Å². The fourth-order valence-electron chi connectivity index (χ4n) is 1.91. The van der Waals surface area contributed by atoms with Gasteiger partial charge in [-0.1, -0.05) is 0 Å². The minimum absolute atomic E-state index is 0.0293. The lowest BCUT2D eigenvalue weighted by molar-refractivity contribution is -0.154. The maximum Gasteiger partial charge on any atom is 0.308 e. The van der Waals surface area contributed by atoms with E-state index in [-0.39, 0.29) is 23.6 Å². The molecule has 21 heavy (non-hydrogen) atoms.